The molecule has 0 aromatic heterocycles. The van der Waals surface area contributed by atoms with Crippen LogP contribution in [0.4, 0.5) is 0 Å². The summed E-state index contributed by atoms with van der Waals surface area (Å²) in [6, 6.07) is 10.5. The zero-order valence-corrected chi connectivity index (χ0v) is 11.2. The topological polar surface area (TPSA) is 52.6 Å². The number of aliphatic carboxylic acids is 1. The van der Waals surface area contributed by atoms with Gasteiger partial charge in [-0.2, -0.15) is 0 Å². The monoisotopic (exact) mass is 262 g/mol. The number of hydrogen-bond donors (Lipinski definition) is 2. The van der Waals surface area contributed by atoms with Gasteiger partial charge in [-0.05, 0) is 44.0 Å². The summed E-state index contributed by atoms with van der Waals surface area (Å²) in [4.78, 5) is 12.9. The molecule has 1 fully saturated rings. The van der Waals surface area contributed by atoms with E-state index < -0.39 is 5.97 Å². The van der Waals surface area contributed by atoms with Crippen LogP contribution in [0.2, 0.25) is 0 Å². The molecule has 2 rings (SSSR count). The molecule has 4 heteroatoms. The fraction of sp³-hybridized carbons (Fsp3) is 0.533. The zero-order chi connectivity index (χ0) is 13.5. The number of rotatable bonds is 6. The maximum absolute atomic E-state index is 10.4. The Kier molecular flexibility index (Phi) is 5.36. The molecule has 0 saturated carbocycles. The fourth-order valence-electron chi connectivity index (χ4n) is 2.57. The quantitative estimate of drug-likeness (QED) is 0.817. The Morgan fingerprint density at radius 2 is 1.95 bits per heavy atom. The van der Waals surface area contributed by atoms with Gasteiger partial charge in [0.05, 0.1) is 6.54 Å². The molecule has 4 nitrogen and oxygen atoms in total. The van der Waals surface area contributed by atoms with Crippen LogP contribution in [0, 0.1) is 5.92 Å². The number of nitrogens with one attached hydrogen (secondary N) is 1. The van der Waals surface area contributed by atoms with Crippen LogP contribution in [0.5, 0.6) is 0 Å². The predicted octanol–water partition coefficient (Wildman–Crippen LogP) is 1.57. The highest BCUT2D eigenvalue weighted by molar-refractivity contribution is 5.68. The molecule has 104 valence electrons. The van der Waals surface area contributed by atoms with Crippen molar-refractivity contribution in [3.8, 4) is 0 Å². The second-order valence-corrected chi connectivity index (χ2v) is 5.23. The first-order valence-corrected chi connectivity index (χ1v) is 6.93. The van der Waals surface area contributed by atoms with Crippen LogP contribution in [0.15, 0.2) is 30.3 Å². The number of nitrogens with zero attached hydrogens (tertiary/aromatic N) is 1. The Labute approximate surface area is 114 Å². The normalized spacial score (nSPS) is 17.5. The van der Waals surface area contributed by atoms with Gasteiger partial charge in [0.2, 0.25) is 0 Å². The molecule has 0 aliphatic carbocycles. The van der Waals surface area contributed by atoms with Crippen LogP contribution in [0.1, 0.15) is 18.4 Å². The van der Waals surface area contributed by atoms with E-state index in [0.717, 1.165) is 39.0 Å². The van der Waals surface area contributed by atoms with Gasteiger partial charge in [0.25, 0.3) is 0 Å². The zero-order valence-electron chi connectivity index (χ0n) is 11.2. The Bertz CT molecular complexity index is 386. The van der Waals surface area contributed by atoms with E-state index in [2.05, 4.69) is 34.5 Å². The minimum Gasteiger partial charge on any atom is -0.480 e. The predicted molar refractivity (Wildman–Crippen MR) is 74.9 cm³/mol. The largest absolute Gasteiger partial charge is 0.480 e. The molecule has 0 amide bonds. The Morgan fingerprint density at radius 3 is 2.58 bits per heavy atom. The van der Waals surface area contributed by atoms with Crippen molar-refractivity contribution in [1.82, 2.24) is 10.2 Å². The first-order chi connectivity index (χ1) is 9.24. The van der Waals surface area contributed by atoms with E-state index in [1.165, 1.54) is 5.56 Å². The molecule has 1 saturated heterocycles. The number of hydrogen-bond acceptors (Lipinski definition) is 3. The van der Waals surface area contributed by atoms with Crippen LogP contribution < -0.4 is 5.32 Å². The number of piperidine rings is 1. The lowest BCUT2D eigenvalue weighted by molar-refractivity contribution is -0.136. The van der Waals surface area contributed by atoms with Gasteiger partial charge in [0.15, 0.2) is 0 Å². The summed E-state index contributed by atoms with van der Waals surface area (Å²) in [5.41, 5.74) is 1.37. The number of carbonyl (C=O) groups is 1. The molecule has 2 N–H and O–H groups in total. The molecule has 1 aromatic carbocycles. The van der Waals surface area contributed by atoms with Gasteiger partial charge in [0.1, 0.15) is 0 Å². The van der Waals surface area contributed by atoms with E-state index in [9.17, 15) is 4.79 Å². The average Bonchev–Trinajstić information content (AvgIpc) is 2.42. The summed E-state index contributed by atoms with van der Waals surface area (Å²) in [7, 11) is 0. The SMILES string of the molecule is O=C(O)CNCC1CCN(Cc2ccccc2)CC1. The van der Waals surface area contributed by atoms with Crippen molar-refractivity contribution in [2.24, 2.45) is 5.92 Å². The standard InChI is InChI=1S/C15H22N2O2/c18-15(19)11-16-10-13-6-8-17(9-7-13)12-14-4-2-1-3-5-14/h1-5,13,16H,6-12H2,(H,18,19). The maximum Gasteiger partial charge on any atom is 0.317 e. The lowest BCUT2D eigenvalue weighted by Crippen LogP contribution is -2.37. The molecular weight excluding hydrogens is 240 g/mol. The van der Waals surface area contributed by atoms with Crippen molar-refractivity contribution in [3.63, 3.8) is 0 Å². The van der Waals surface area contributed by atoms with Gasteiger partial charge in [0, 0.05) is 6.54 Å². The molecule has 0 bridgehead atoms. The van der Waals surface area contributed by atoms with Gasteiger partial charge in [-0.25, -0.2) is 0 Å². The number of benzene rings is 1. The number of carboxylic acid groups (broad SMARTS) is 1. The Hall–Kier alpha value is -1.39. The molecule has 1 heterocycles. The minimum absolute atomic E-state index is 0.0736. The number of carboxylic acids is 1. The van der Waals surface area contributed by atoms with E-state index in [4.69, 9.17) is 5.11 Å². The summed E-state index contributed by atoms with van der Waals surface area (Å²) in [5.74, 6) is -0.159. The third-order valence-corrected chi connectivity index (χ3v) is 3.67. The highest BCUT2D eigenvalue weighted by Gasteiger charge is 2.18. The van der Waals surface area contributed by atoms with Gasteiger partial charge < -0.3 is 10.4 Å². The van der Waals surface area contributed by atoms with Crippen LogP contribution in [0.3, 0.4) is 0 Å². The Balaban J connectivity index is 1.66. The van der Waals surface area contributed by atoms with E-state index in [0.29, 0.717) is 5.92 Å². The van der Waals surface area contributed by atoms with E-state index in [1.54, 1.807) is 0 Å². The van der Waals surface area contributed by atoms with Gasteiger partial charge >= 0.3 is 5.97 Å². The average molecular weight is 262 g/mol. The van der Waals surface area contributed by atoms with E-state index >= 15 is 0 Å². The summed E-state index contributed by atoms with van der Waals surface area (Å²) in [6.45, 7) is 4.13. The van der Waals surface area contributed by atoms with Crippen LogP contribution in [-0.2, 0) is 11.3 Å². The van der Waals surface area contributed by atoms with Crippen molar-refractivity contribution >= 4 is 5.97 Å². The Morgan fingerprint density at radius 1 is 1.26 bits per heavy atom. The third kappa shape index (κ3) is 5.01. The summed E-state index contributed by atoms with van der Waals surface area (Å²) in [5, 5.41) is 11.6. The lowest BCUT2D eigenvalue weighted by Gasteiger charge is -2.32. The molecule has 1 aromatic rings. The van der Waals surface area contributed by atoms with Crippen molar-refractivity contribution in [1.29, 1.82) is 0 Å². The first kappa shape index (κ1) is 14.0. The van der Waals surface area contributed by atoms with Crippen LogP contribution in [-0.4, -0.2) is 42.2 Å². The fourth-order valence-corrected chi connectivity index (χ4v) is 2.57. The van der Waals surface area contributed by atoms with Crippen molar-refractivity contribution in [2.45, 2.75) is 19.4 Å². The first-order valence-electron chi connectivity index (χ1n) is 6.93. The molecule has 0 atom stereocenters. The van der Waals surface area contributed by atoms with E-state index in [-0.39, 0.29) is 6.54 Å². The summed E-state index contributed by atoms with van der Waals surface area (Å²) in [6.07, 6.45) is 2.30. The second-order valence-electron chi connectivity index (χ2n) is 5.23. The van der Waals surface area contributed by atoms with Crippen molar-refractivity contribution < 1.29 is 9.90 Å². The molecule has 0 spiro atoms. The molecule has 1 aliphatic rings. The van der Waals surface area contributed by atoms with Crippen LogP contribution in [0.25, 0.3) is 0 Å². The lowest BCUT2D eigenvalue weighted by atomic mass is 9.96. The number of likely N-dealkylation sites (tertiary alicyclic amines) is 1. The molecule has 1 aliphatic heterocycles. The van der Waals surface area contributed by atoms with Crippen molar-refractivity contribution in [2.75, 3.05) is 26.2 Å². The summed E-state index contributed by atoms with van der Waals surface area (Å²) >= 11 is 0. The molecule has 0 radical (unpaired) electrons. The highest BCUT2D eigenvalue weighted by Crippen LogP contribution is 2.18. The van der Waals surface area contributed by atoms with Crippen molar-refractivity contribution in [3.05, 3.63) is 35.9 Å². The van der Waals surface area contributed by atoms with Crippen LogP contribution >= 0.6 is 0 Å². The van der Waals surface area contributed by atoms with Gasteiger partial charge in [-0.15, -0.1) is 0 Å². The van der Waals surface area contributed by atoms with Gasteiger partial charge in [-0.3, -0.25) is 9.69 Å². The van der Waals surface area contributed by atoms with Gasteiger partial charge in [-0.1, -0.05) is 30.3 Å². The minimum atomic E-state index is -0.776. The second kappa shape index (κ2) is 7.26. The molecule has 0 unspecified atom stereocenters. The maximum atomic E-state index is 10.4. The third-order valence-electron chi connectivity index (χ3n) is 3.67. The highest BCUT2D eigenvalue weighted by atomic mass is 16.4. The molecule has 19 heavy (non-hydrogen) atoms. The summed E-state index contributed by atoms with van der Waals surface area (Å²) < 4.78 is 0. The molecular formula is C15H22N2O2. The van der Waals surface area contributed by atoms with E-state index in [1.807, 2.05) is 6.07 Å². The smallest absolute Gasteiger partial charge is 0.317 e.